The number of rotatable bonds is 6. The normalized spacial score (nSPS) is 18.5. The number of benzene rings is 2. The highest BCUT2D eigenvalue weighted by atomic mass is 16.2. The van der Waals surface area contributed by atoms with Gasteiger partial charge in [0.15, 0.2) is 0 Å². The van der Waals surface area contributed by atoms with Gasteiger partial charge in [0.2, 0.25) is 11.8 Å². The minimum Gasteiger partial charge on any atom is -0.358 e. The third-order valence-electron chi connectivity index (χ3n) is 7.01. The molecule has 174 valence electrons. The molecule has 7 heteroatoms. The Morgan fingerprint density at radius 3 is 2.18 bits per heavy atom. The molecular formula is C26H32N4O3. The standard InChI is InChI=1S/C26H32N4O3/c1-3-22(20-10-6-4-7-11-20)24(32)28-16-14-26(15-17-28)25(33)29(18-23(31)27-2)19-30(26)21-12-8-5-9-13-21/h4-13,22H,3,14-19H2,1-2H3,(H,27,31). The van der Waals surface area contributed by atoms with Gasteiger partial charge in [0.1, 0.15) is 12.1 Å². The molecule has 33 heavy (non-hydrogen) atoms. The molecule has 2 aromatic carbocycles. The zero-order valence-electron chi connectivity index (χ0n) is 19.4. The predicted octanol–water partition coefficient (Wildman–Crippen LogP) is 2.59. The minimum absolute atomic E-state index is 0.0304. The maximum absolute atomic E-state index is 13.6. The molecule has 2 saturated heterocycles. The molecule has 0 aliphatic carbocycles. The highest BCUT2D eigenvalue weighted by Crippen LogP contribution is 2.40. The van der Waals surface area contributed by atoms with Gasteiger partial charge in [0.25, 0.3) is 5.91 Å². The van der Waals surface area contributed by atoms with Crippen LogP contribution in [0.2, 0.25) is 0 Å². The van der Waals surface area contributed by atoms with E-state index in [1.807, 2.05) is 72.5 Å². The average molecular weight is 449 g/mol. The molecule has 0 saturated carbocycles. The van der Waals surface area contributed by atoms with Crippen LogP contribution in [0.4, 0.5) is 5.69 Å². The van der Waals surface area contributed by atoms with Crippen molar-refractivity contribution in [2.75, 3.05) is 38.3 Å². The summed E-state index contributed by atoms with van der Waals surface area (Å²) in [5.74, 6) is -0.265. The number of anilines is 1. The van der Waals surface area contributed by atoms with Crippen molar-refractivity contribution in [2.45, 2.75) is 37.6 Å². The number of likely N-dealkylation sites (N-methyl/N-ethyl adjacent to an activating group) is 1. The van der Waals surface area contributed by atoms with Crippen LogP contribution in [0.1, 0.15) is 37.7 Å². The Balaban J connectivity index is 1.55. The molecule has 0 aromatic heterocycles. The molecule has 0 radical (unpaired) electrons. The van der Waals surface area contributed by atoms with Crippen molar-refractivity contribution in [3.05, 3.63) is 66.2 Å². The van der Waals surface area contributed by atoms with E-state index in [9.17, 15) is 14.4 Å². The van der Waals surface area contributed by atoms with Crippen LogP contribution < -0.4 is 10.2 Å². The molecule has 1 N–H and O–H groups in total. The van der Waals surface area contributed by atoms with Crippen molar-refractivity contribution < 1.29 is 14.4 Å². The quantitative estimate of drug-likeness (QED) is 0.737. The lowest BCUT2D eigenvalue weighted by atomic mass is 9.84. The minimum atomic E-state index is -0.736. The number of nitrogens with one attached hydrogen (secondary N) is 1. The average Bonchev–Trinajstić information content (AvgIpc) is 3.12. The summed E-state index contributed by atoms with van der Waals surface area (Å²) in [7, 11) is 1.58. The van der Waals surface area contributed by atoms with Crippen molar-refractivity contribution in [1.29, 1.82) is 0 Å². The Morgan fingerprint density at radius 2 is 1.61 bits per heavy atom. The number of hydrogen-bond acceptors (Lipinski definition) is 4. The van der Waals surface area contributed by atoms with Crippen molar-refractivity contribution in [2.24, 2.45) is 0 Å². The monoisotopic (exact) mass is 448 g/mol. The number of hydrogen-bond donors (Lipinski definition) is 1. The Morgan fingerprint density at radius 1 is 1.00 bits per heavy atom. The molecule has 2 aliphatic rings. The second-order valence-corrected chi connectivity index (χ2v) is 8.81. The van der Waals surface area contributed by atoms with Crippen LogP contribution in [0.3, 0.4) is 0 Å². The summed E-state index contributed by atoms with van der Waals surface area (Å²) in [6.07, 6.45) is 1.82. The Bertz CT molecular complexity index is 987. The highest BCUT2D eigenvalue weighted by Gasteiger charge is 2.54. The van der Waals surface area contributed by atoms with Gasteiger partial charge in [-0.2, -0.15) is 0 Å². The van der Waals surface area contributed by atoms with Gasteiger partial charge in [-0.1, -0.05) is 55.5 Å². The molecule has 7 nitrogen and oxygen atoms in total. The molecule has 1 unspecified atom stereocenters. The zero-order chi connectivity index (χ0) is 23.4. The lowest BCUT2D eigenvalue weighted by molar-refractivity contribution is -0.140. The second kappa shape index (κ2) is 9.65. The summed E-state index contributed by atoms with van der Waals surface area (Å²) < 4.78 is 0. The summed E-state index contributed by atoms with van der Waals surface area (Å²) in [6.45, 7) is 3.48. The Hall–Kier alpha value is -3.35. The van der Waals surface area contributed by atoms with Crippen LogP contribution in [0.15, 0.2) is 60.7 Å². The lowest BCUT2D eigenvalue weighted by Gasteiger charge is -2.44. The van der Waals surface area contributed by atoms with E-state index in [1.165, 1.54) is 0 Å². The summed E-state index contributed by atoms with van der Waals surface area (Å²) in [6, 6.07) is 19.8. The fourth-order valence-corrected chi connectivity index (χ4v) is 5.13. The molecule has 2 heterocycles. The molecule has 2 aromatic rings. The van der Waals surface area contributed by atoms with Gasteiger partial charge in [-0.15, -0.1) is 0 Å². The number of para-hydroxylation sites is 1. The third-order valence-corrected chi connectivity index (χ3v) is 7.01. The summed E-state index contributed by atoms with van der Waals surface area (Å²) in [5, 5.41) is 2.61. The number of nitrogens with zero attached hydrogens (tertiary/aromatic N) is 3. The number of piperidine rings is 1. The van der Waals surface area contributed by atoms with Crippen LogP contribution in [0, 0.1) is 0 Å². The van der Waals surface area contributed by atoms with Crippen molar-refractivity contribution >= 4 is 23.4 Å². The number of carbonyl (C=O) groups excluding carboxylic acids is 3. The number of amides is 3. The van der Waals surface area contributed by atoms with Gasteiger partial charge in [-0.05, 0) is 37.0 Å². The maximum atomic E-state index is 13.6. The number of carbonyl (C=O) groups is 3. The van der Waals surface area contributed by atoms with E-state index in [2.05, 4.69) is 10.2 Å². The summed E-state index contributed by atoms with van der Waals surface area (Å²) in [4.78, 5) is 44.7. The van der Waals surface area contributed by atoms with Crippen molar-refractivity contribution in [3.63, 3.8) is 0 Å². The molecule has 3 amide bonds. The zero-order valence-corrected chi connectivity index (χ0v) is 19.4. The Labute approximate surface area is 195 Å². The molecule has 1 spiro atoms. The van der Waals surface area contributed by atoms with Gasteiger partial charge >= 0.3 is 0 Å². The lowest BCUT2D eigenvalue weighted by Crippen LogP contribution is -2.58. The SMILES string of the molecule is CCC(C(=O)N1CCC2(CC1)C(=O)N(CC(=O)NC)CN2c1ccccc1)c1ccccc1. The topological polar surface area (TPSA) is 73.0 Å². The molecule has 4 rings (SSSR count). The van der Waals surface area contributed by atoms with Crippen LogP contribution in [0.5, 0.6) is 0 Å². The van der Waals surface area contributed by atoms with Crippen molar-refractivity contribution in [3.8, 4) is 0 Å². The number of likely N-dealkylation sites (tertiary alicyclic amines) is 1. The van der Waals surface area contributed by atoms with Crippen LogP contribution in [-0.4, -0.2) is 66.4 Å². The largest absolute Gasteiger partial charge is 0.358 e. The van der Waals surface area contributed by atoms with E-state index in [0.29, 0.717) is 32.6 Å². The van der Waals surface area contributed by atoms with E-state index in [0.717, 1.165) is 17.7 Å². The van der Waals surface area contributed by atoms with Crippen molar-refractivity contribution in [1.82, 2.24) is 15.1 Å². The van der Waals surface area contributed by atoms with Gasteiger partial charge in [0, 0.05) is 25.8 Å². The van der Waals surface area contributed by atoms with E-state index >= 15 is 0 Å². The first-order valence-corrected chi connectivity index (χ1v) is 11.7. The first kappa shape index (κ1) is 22.8. The van der Waals surface area contributed by atoms with Gasteiger partial charge < -0.3 is 20.0 Å². The second-order valence-electron chi connectivity index (χ2n) is 8.81. The maximum Gasteiger partial charge on any atom is 0.250 e. The van der Waals surface area contributed by atoms with E-state index < -0.39 is 5.54 Å². The van der Waals surface area contributed by atoms with Gasteiger partial charge in [0.05, 0.1) is 12.6 Å². The predicted molar refractivity (Wildman–Crippen MR) is 128 cm³/mol. The summed E-state index contributed by atoms with van der Waals surface area (Å²) in [5.41, 5.74) is 1.26. The smallest absolute Gasteiger partial charge is 0.250 e. The molecule has 1 atom stereocenters. The first-order valence-electron chi connectivity index (χ1n) is 11.7. The van der Waals surface area contributed by atoms with Crippen LogP contribution >= 0.6 is 0 Å². The first-order chi connectivity index (χ1) is 16.0. The molecule has 0 bridgehead atoms. The Kier molecular flexibility index (Phi) is 6.67. The molecule has 2 aliphatic heterocycles. The van der Waals surface area contributed by atoms with E-state index in [4.69, 9.17) is 0 Å². The van der Waals surface area contributed by atoms with Crippen LogP contribution in [0.25, 0.3) is 0 Å². The fraction of sp³-hybridized carbons (Fsp3) is 0.423. The van der Waals surface area contributed by atoms with E-state index in [1.54, 1.807) is 11.9 Å². The van der Waals surface area contributed by atoms with Gasteiger partial charge in [-0.25, -0.2) is 0 Å². The van der Waals surface area contributed by atoms with E-state index in [-0.39, 0.29) is 30.2 Å². The summed E-state index contributed by atoms with van der Waals surface area (Å²) >= 11 is 0. The fourth-order valence-electron chi connectivity index (χ4n) is 5.13. The third kappa shape index (κ3) is 4.32. The van der Waals surface area contributed by atoms with Crippen LogP contribution in [-0.2, 0) is 14.4 Å². The molecular weight excluding hydrogens is 416 g/mol. The highest BCUT2D eigenvalue weighted by molar-refractivity contribution is 5.96. The molecule has 2 fully saturated rings. The van der Waals surface area contributed by atoms with Gasteiger partial charge in [-0.3, -0.25) is 14.4 Å².